The summed E-state index contributed by atoms with van der Waals surface area (Å²) in [4.78, 5) is 10.4. The normalized spacial score (nSPS) is 11.0. The van der Waals surface area contributed by atoms with E-state index >= 15 is 0 Å². The van der Waals surface area contributed by atoms with E-state index in [1.54, 1.807) is 29.1 Å². The van der Waals surface area contributed by atoms with Crippen LogP contribution in [0.2, 0.25) is 5.02 Å². The molecule has 0 bridgehead atoms. The zero-order valence-electron chi connectivity index (χ0n) is 9.67. The van der Waals surface area contributed by atoms with E-state index in [0.717, 1.165) is 22.9 Å². The van der Waals surface area contributed by atoms with E-state index in [9.17, 15) is 4.79 Å². The first-order valence-electron chi connectivity index (χ1n) is 5.28. The fraction of sp³-hybridized carbons (Fsp3) is 0.0769. The van der Waals surface area contributed by atoms with Crippen LogP contribution < -0.4 is 0 Å². The number of benzene rings is 1. The Hall–Kier alpha value is -2.07. The largest absolute Gasteiger partial charge is 0.478 e. The lowest BCUT2D eigenvalue weighted by atomic mass is 10.2. The Morgan fingerprint density at radius 2 is 2.28 bits per heavy atom. The second-order valence-electron chi connectivity index (χ2n) is 3.84. The van der Waals surface area contributed by atoms with Crippen molar-refractivity contribution in [2.45, 2.75) is 6.92 Å². The molecule has 1 aromatic heterocycles. The van der Waals surface area contributed by atoms with Crippen molar-refractivity contribution in [1.82, 2.24) is 9.78 Å². The third-order valence-corrected chi connectivity index (χ3v) is 2.65. The highest BCUT2D eigenvalue weighted by molar-refractivity contribution is 6.32. The van der Waals surface area contributed by atoms with Gasteiger partial charge in [0.05, 0.1) is 16.9 Å². The van der Waals surface area contributed by atoms with Crippen LogP contribution in [0.4, 0.5) is 0 Å². The fourth-order valence-electron chi connectivity index (χ4n) is 1.52. The molecule has 0 saturated carbocycles. The maximum atomic E-state index is 10.4. The summed E-state index contributed by atoms with van der Waals surface area (Å²) in [6, 6.07) is 5.29. The van der Waals surface area contributed by atoms with Gasteiger partial charge >= 0.3 is 5.97 Å². The first-order valence-corrected chi connectivity index (χ1v) is 5.66. The lowest BCUT2D eigenvalue weighted by Crippen LogP contribution is -1.95. The standard InChI is InChI=1S/C13H11ClN2O2/c1-9-7-15-16(8-9)12-4-2-10(6-11(12)14)3-5-13(17)18/h2-8H,1H3,(H,17,18)/b5-3+. The van der Waals surface area contributed by atoms with Gasteiger partial charge in [-0.25, -0.2) is 9.48 Å². The van der Waals surface area contributed by atoms with Crippen molar-refractivity contribution in [2.24, 2.45) is 0 Å². The van der Waals surface area contributed by atoms with E-state index in [1.165, 1.54) is 6.08 Å². The van der Waals surface area contributed by atoms with Gasteiger partial charge in [-0.15, -0.1) is 0 Å². The Morgan fingerprint density at radius 3 is 2.83 bits per heavy atom. The van der Waals surface area contributed by atoms with Gasteiger partial charge in [-0.3, -0.25) is 0 Å². The summed E-state index contributed by atoms with van der Waals surface area (Å²) < 4.78 is 1.68. The highest BCUT2D eigenvalue weighted by Crippen LogP contribution is 2.22. The summed E-state index contributed by atoms with van der Waals surface area (Å²) in [7, 11) is 0. The molecule has 1 heterocycles. The van der Waals surface area contributed by atoms with Crippen molar-refractivity contribution < 1.29 is 9.90 Å². The van der Waals surface area contributed by atoms with E-state index in [-0.39, 0.29) is 0 Å². The molecule has 2 rings (SSSR count). The maximum Gasteiger partial charge on any atom is 0.328 e. The van der Waals surface area contributed by atoms with E-state index in [1.807, 2.05) is 13.1 Å². The highest BCUT2D eigenvalue weighted by atomic mass is 35.5. The molecular formula is C13H11ClN2O2. The third kappa shape index (κ3) is 2.78. The Morgan fingerprint density at radius 1 is 1.50 bits per heavy atom. The number of hydrogen-bond donors (Lipinski definition) is 1. The summed E-state index contributed by atoms with van der Waals surface area (Å²) in [6.45, 7) is 1.95. The van der Waals surface area contributed by atoms with Gasteiger partial charge in [0, 0.05) is 12.3 Å². The van der Waals surface area contributed by atoms with Crippen LogP contribution in [0.15, 0.2) is 36.7 Å². The molecule has 0 aliphatic heterocycles. The van der Waals surface area contributed by atoms with Gasteiger partial charge < -0.3 is 5.11 Å². The number of carboxylic acid groups (broad SMARTS) is 1. The van der Waals surface area contributed by atoms with E-state index < -0.39 is 5.97 Å². The minimum atomic E-state index is -0.988. The van der Waals surface area contributed by atoms with E-state index in [4.69, 9.17) is 16.7 Å². The van der Waals surface area contributed by atoms with Crippen LogP contribution in [0.3, 0.4) is 0 Å². The van der Waals surface area contributed by atoms with Crippen molar-refractivity contribution in [3.8, 4) is 5.69 Å². The first kappa shape index (κ1) is 12.4. The predicted octanol–water partition coefficient (Wildman–Crippen LogP) is 2.93. The lowest BCUT2D eigenvalue weighted by Gasteiger charge is -2.05. The van der Waals surface area contributed by atoms with E-state index in [2.05, 4.69) is 5.10 Å². The molecule has 0 aliphatic rings. The average Bonchev–Trinajstić information content (AvgIpc) is 2.73. The molecule has 2 aromatic rings. The number of aryl methyl sites for hydroxylation is 1. The van der Waals surface area contributed by atoms with Crippen molar-refractivity contribution in [1.29, 1.82) is 0 Å². The molecule has 1 aromatic carbocycles. The zero-order valence-corrected chi connectivity index (χ0v) is 10.4. The topological polar surface area (TPSA) is 55.1 Å². The fourth-order valence-corrected chi connectivity index (χ4v) is 1.80. The number of rotatable bonds is 3. The highest BCUT2D eigenvalue weighted by Gasteiger charge is 2.04. The average molecular weight is 263 g/mol. The van der Waals surface area contributed by atoms with Crippen LogP contribution >= 0.6 is 11.6 Å². The Labute approximate surface area is 109 Å². The molecule has 0 amide bonds. The minimum absolute atomic E-state index is 0.519. The smallest absolute Gasteiger partial charge is 0.328 e. The number of aromatic nitrogens is 2. The SMILES string of the molecule is Cc1cnn(-c2ccc(/C=C/C(=O)O)cc2Cl)c1. The number of hydrogen-bond acceptors (Lipinski definition) is 2. The van der Waals surface area contributed by atoms with Gasteiger partial charge in [0.1, 0.15) is 0 Å². The minimum Gasteiger partial charge on any atom is -0.478 e. The third-order valence-electron chi connectivity index (χ3n) is 2.35. The second-order valence-corrected chi connectivity index (χ2v) is 4.25. The molecule has 0 saturated heterocycles. The second kappa shape index (κ2) is 5.06. The Balaban J connectivity index is 2.33. The van der Waals surface area contributed by atoms with Gasteiger partial charge in [-0.1, -0.05) is 17.7 Å². The Kier molecular flexibility index (Phi) is 3.48. The molecule has 0 unspecified atom stereocenters. The summed E-state index contributed by atoms with van der Waals surface area (Å²) in [5.74, 6) is -0.988. The molecule has 0 aliphatic carbocycles. The summed E-state index contributed by atoms with van der Waals surface area (Å²) >= 11 is 6.15. The molecule has 18 heavy (non-hydrogen) atoms. The number of aliphatic carboxylic acids is 1. The van der Waals surface area contributed by atoms with Crippen LogP contribution in [0, 0.1) is 6.92 Å². The van der Waals surface area contributed by atoms with Gasteiger partial charge in [0.2, 0.25) is 0 Å². The first-order chi connectivity index (χ1) is 8.56. The predicted molar refractivity (Wildman–Crippen MR) is 70.0 cm³/mol. The van der Waals surface area contributed by atoms with Gasteiger partial charge in [0.25, 0.3) is 0 Å². The van der Waals surface area contributed by atoms with Gasteiger partial charge in [-0.2, -0.15) is 5.10 Å². The molecule has 0 atom stereocenters. The van der Waals surface area contributed by atoms with Crippen molar-refractivity contribution in [2.75, 3.05) is 0 Å². The van der Waals surface area contributed by atoms with Crippen LogP contribution in [-0.4, -0.2) is 20.9 Å². The molecule has 0 spiro atoms. The van der Waals surface area contributed by atoms with Crippen LogP contribution in [-0.2, 0) is 4.79 Å². The molecule has 0 fully saturated rings. The molecule has 0 radical (unpaired) electrons. The lowest BCUT2D eigenvalue weighted by molar-refractivity contribution is -0.131. The molecule has 1 N–H and O–H groups in total. The molecule has 4 nitrogen and oxygen atoms in total. The van der Waals surface area contributed by atoms with Gasteiger partial charge in [0.15, 0.2) is 0 Å². The van der Waals surface area contributed by atoms with Crippen LogP contribution in [0.25, 0.3) is 11.8 Å². The molecule has 5 heteroatoms. The van der Waals surface area contributed by atoms with Crippen molar-refractivity contribution in [3.05, 3.63) is 52.8 Å². The number of nitrogens with zero attached hydrogens (tertiary/aromatic N) is 2. The van der Waals surface area contributed by atoms with Crippen LogP contribution in [0.5, 0.6) is 0 Å². The van der Waals surface area contributed by atoms with Crippen molar-refractivity contribution >= 4 is 23.6 Å². The maximum absolute atomic E-state index is 10.4. The van der Waals surface area contributed by atoms with Crippen LogP contribution in [0.1, 0.15) is 11.1 Å². The molecule has 92 valence electrons. The number of carbonyl (C=O) groups is 1. The summed E-state index contributed by atoms with van der Waals surface area (Å²) in [5.41, 5.74) is 2.54. The number of halogens is 1. The van der Waals surface area contributed by atoms with E-state index in [0.29, 0.717) is 5.02 Å². The summed E-state index contributed by atoms with van der Waals surface area (Å²) in [6.07, 6.45) is 6.18. The monoisotopic (exact) mass is 262 g/mol. The number of carboxylic acids is 1. The van der Waals surface area contributed by atoms with Gasteiger partial charge in [-0.05, 0) is 36.3 Å². The zero-order chi connectivity index (χ0) is 13.1. The Bertz CT molecular complexity index is 617. The molecular weight excluding hydrogens is 252 g/mol. The summed E-state index contributed by atoms with van der Waals surface area (Å²) in [5, 5.41) is 13.2. The quantitative estimate of drug-likeness (QED) is 0.866. The van der Waals surface area contributed by atoms with Crippen molar-refractivity contribution in [3.63, 3.8) is 0 Å².